The van der Waals surface area contributed by atoms with Crippen LogP contribution in [0.2, 0.25) is 0 Å². The van der Waals surface area contributed by atoms with Gasteiger partial charge >= 0.3 is 0 Å². The van der Waals surface area contributed by atoms with Crippen LogP contribution in [0.5, 0.6) is 11.5 Å². The van der Waals surface area contributed by atoms with Crippen molar-refractivity contribution in [3.05, 3.63) is 42.5 Å². The van der Waals surface area contributed by atoms with E-state index in [9.17, 15) is 21.6 Å². The molecule has 2 aromatic carbocycles. The Hall–Kier alpha value is -2.71. The number of ether oxygens (including phenoxy) is 2. The van der Waals surface area contributed by atoms with Gasteiger partial charge in [-0.2, -0.15) is 9.03 Å². The molecule has 2 aromatic rings. The number of sulfonamides is 2. The van der Waals surface area contributed by atoms with Crippen LogP contribution >= 0.6 is 0 Å². The quantitative estimate of drug-likeness (QED) is 0.493. The van der Waals surface area contributed by atoms with Crippen molar-refractivity contribution in [1.29, 1.82) is 0 Å². The number of benzene rings is 2. The standard InChI is InChI=1S/C22H30N4O7S2/c1-16(24-34(28,29)19-9-10-20(32-3)21(15-19)33-4)22(27)23-17-5-7-18(8-6-17)35(30,31)26-13-11-25(2)12-14-26/h5-10,15-16,24H,11-14H2,1-4H3,(H,23,27)/t16-/m0/s1. The number of likely N-dealkylation sites (N-methyl/N-ethyl adjacent to an activating group) is 1. The van der Waals surface area contributed by atoms with Crippen LogP contribution in [0.1, 0.15) is 6.92 Å². The summed E-state index contributed by atoms with van der Waals surface area (Å²) >= 11 is 0. The van der Waals surface area contributed by atoms with Crippen LogP contribution in [0.25, 0.3) is 0 Å². The largest absolute Gasteiger partial charge is 0.493 e. The SMILES string of the molecule is COc1ccc(S(=O)(=O)N[C@@H](C)C(=O)Nc2ccc(S(=O)(=O)N3CCN(C)CC3)cc2)cc1OC. The zero-order chi connectivity index (χ0) is 25.8. The molecule has 35 heavy (non-hydrogen) atoms. The highest BCUT2D eigenvalue weighted by Gasteiger charge is 2.28. The molecule has 3 rings (SSSR count). The zero-order valence-electron chi connectivity index (χ0n) is 20.0. The molecule has 0 spiro atoms. The van der Waals surface area contributed by atoms with Crippen molar-refractivity contribution in [2.45, 2.75) is 22.8 Å². The van der Waals surface area contributed by atoms with Gasteiger partial charge in [-0.15, -0.1) is 0 Å². The lowest BCUT2D eigenvalue weighted by molar-refractivity contribution is -0.117. The summed E-state index contributed by atoms with van der Waals surface area (Å²) in [6, 6.07) is 8.76. The van der Waals surface area contributed by atoms with Gasteiger partial charge in [0, 0.05) is 37.9 Å². The number of rotatable bonds is 9. The van der Waals surface area contributed by atoms with Gasteiger partial charge in [0.25, 0.3) is 0 Å². The van der Waals surface area contributed by atoms with Crippen LogP contribution in [0.15, 0.2) is 52.3 Å². The highest BCUT2D eigenvalue weighted by Crippen LogP contribution is 2.29. The fraction of sp³-hybridized carbons (Fsp3) is 0.409. The van der Waals surface area contributed by atoms with Crippen LogP contribution < -0.4 is 19.5 Å². The van der Waals surface area contributed by atoms with Gasteiger partial charge in [-0.1, -0.05) is 0 Å². The van der Waals surface area contributed by atoms with E-state index in [2.05, 4.69) is 14.9 Å². The summed E-state index contributed by atoms with van der Waals surface area (Å²) in [7, 11) is -2.90. The van der Waals surface area contributed by atoms with Gasteiger partial charge in [0.2, 0.25) is 26.0 Å². The summed E-state index contributed by atoms with van der Waals surface area (Å²) in [6.07, 6.45) is 0. The molecule has 1 saturated heterocycles. The summed E-state index contributed by atoms with van der Waals surface area (Å²) < 4.78 is 65.1. The summed E-state index contributed by atoms with van der Waals surface area (Å²) in [5.41, 5.74) is 0.337. The molecule has 11 nitrogen and oxygen atoms in total. The Labute approximate surface area is 206 Å². The van der Waals surface area contributed by atoms with Crippen LogP contribution in [-0.2, 0) is 24.8 Å². The second-order valence-corrected chi connectivity index (χ2v) is 11.7. The van der Waals surface area contributed by atoms with E-state index in [0.29, 0.717) is 37.6 Å². The molecule has 0 radical (unpaired) electrons. The molecule has 0 aromatic heterocycles. The fourth-order valence-electron chi connectivity index (χ4n) is 3.48. The van der Waals surface area contributed by atoms with Crippen molar-refractivity contribution in [3.8, 4) is 11.5 Å². The smallest absolute Gasteiger partial charge is 0.243 e. The summed E-state index contributed by atoms with van der Waals surface area (Å²) in [5.74, 6) is -0.00172. The van der Waals surface area contributed by atoms with E-state index < -0.39 is 32.0 Å². The van der Waals surface area contributed by atoms with Crippen molar-refractivity contribution in [2.75, 3.05) is 52.8 Å². The number of piperazine rings is 1. The van der Waals surface area contributed by atoms with Gasteiger partial charge in [-0.25, -0.2) is 16.8 Å². The summed E-state index contributed by atoms with van der Waals surface area (Å²) in [5, 5.41) is 2.59. The Morgan fingerprint density at radius 3 is 2.03 bits per heavy atom. The number of nitrogens with zero attached hydrogens (tertiary/aromatic N) is 2. The maximum atomic E-state index is 12.8. The van der Waals surface area contributed by atoms with Gasteiger partial charge in [-0.3, -0.25) is 4.79 Å². The molecule has 1 aliphatic rings. The van der Waals surface area contributed by atoms with Gasteiger partial charge < -0.3 is 19.7 Å². The molecule has 1 atom stereocenters. The van der Waals surface area contributed by atoms with E-state index in [1.807, 2.05) is 7.05 Å². The van der Waals surface area contributed by atoms with Gasteiger partial charge in [-0.05, 0) is 50.4 Å². The van der Waals surface area contributed by atoms with Crippen LogP contribution in [0.3, 0.4) is 0 Å². The topological polar surface area (TPSA) is 134 Å². The number of nitrogens with one attached hydrogen (secondary N) is 2. The maximum Gasteiger partial charge on any atom is 0.243 e. The Morgan fingerprint density at radius 2 is 1.46 bits per heavy atom. The number of carbonyl (C=O) groups is 1. The minimum Gasteiger partial charge on any atom is -0.493 e. The first kappa shape index (κ1) is 26.9. The van der Waals surface area contributed by atoms with Crippen molar-refractivity contribution >= 4 is 31.6 Å². The maximum absolute atomic E-state index is 12.8. The van der Waals surface area contributed by atoms with E-state index >= 15 is 0 Å². The third-order valence-electron chi connectivity index (χ3n) is 5.61. The third-order valence-corrected chi connectivity index (χ3v) is 9.06. The molecular weight excluding hydrogens is 496 g/mol. The van der Waals surface area contributed by atoms with Crippen molar-refractivity contribution in [2.24, 2.45) is 0 Å². The number of hydrogen-bond acceptors (Lipinski definition) is 8. The highest BCUT2D eigenvalue weighted by molar-refractivity contribution is 7.89. The highest BCUT2D eigenvalue weighted by atomic mass is 32.2. The number of amides is 1. The molecule has 2 N–H and O–H groups in total. The third kappa shape index (κ3) is 6.30. The first-order valence-corrected chi connectivity index (χ1v) is 13.7. The Bertz CT molecular complexity index is 1260. The van der Waals surface area contributed by atoms with E-state index in [4.69, 9.17) is 9.47 Å². The number of methoxy groups -OCH3 is 2. The summed E-state index contributed by atoms with van der Waals surface area (Å²) in [6.45, 7) is 3.54. The number of anilines is 1. The fourth-order valence-corrected chi connectivity index (χ4v) is 6.12. The monoisotopic (exact) mass is 526 g/mol. The predicted octanol–water partition coefficient (Wildman–Crippen LogP) is 0.945. The molecule has 0 bridgehead atoms. The molecule has 0 saturated carbocycles. The minimum absolute atomic E-state index is 0.0896. The van der Waals surface area contributed by atoms with E-state index in [0.717, 1.165) is 0 Å². The summed E-state index contributed by atoms with van der Waals surface area (Å²) in [4.78, 5) is 14.7. The first-order chi connectivity index (χ1) is 16.5. The van der Waals surface area contributed by atoms with Gasteiger partial charge in [0.05, 0.1) is 30.1 Å². The van der Waals surface area contributed by atoms with E-state index in [1.165, 1.54) is 67.9 Å². The van der Waals surface area contributed by atoms with E-state index in [-0.39, 0.29) is 15.5 Å². The molecule has 0 unspecified atom stereocenters. The van der Waals surface area contributed by atoms with Crippen LogP contribution in [0, 0.1) is 0 Å². The second-order valence-electron chi connectivity index (χ2n) is 8.08. The average molecular weight is 527 g/mol. The molecule has 1 heterocycles. The lowest BCUT2D eigenvalue weighted by Gasteiger charge is -2.31. The molecule has 0 aliphatic carbocycles. The molecule has 1 aliphatic heterocycles. The lowest BCUT2D eigenvalue weighted by atomic mass is 10.3. The number of carbonyl (C=O) groups excluding carboxylic acids is 1. The minimum atomic E-state index is -4.03. The second kappa shape index (κ2) is 10.9. The normalized spacial score (nSPS) is 16.5. The average Bonchev–Trinajstić information content (AvgIpc) is 2.83. The molecule has 192 valence electrons. The molecular formula is C22H30N4O7S2. The van der Waals surface area contributed by atoms with Crippen molar-refractivity contribution in [3.63, 3.8) is 0 Å². The number of hydrogen-bond donors (Lipinski definition) is 2. The molecule has 13 heteroatoms. The molecule has 1 amide bonds. The van der Waals surface area contributed by atoms with Gasteiger partial charge in [0.1, 0.15) is 0 Å². The van der Waals surface area contributed by atoms with Crippen LogP contribution in [-0.4, -0.2) is 85.4 Å². The van der Waals surface area contributed by atoms with Crippen molar-refractivity contribution < 1.29 is 31.1 Å². The lowest BCUT2D eigenvalue weighted by Crippen LogP contribution is -2.47. The first-order valence-electron chi connectivity index (χ1n) is 10.8. The predicted molar refractivity (Wildman–Crippen MR) is 131 cm³/mol. The van der Waals surface area contributed by atoms with Gasteiger partial charge in [0.15, 0.2) is 11.5 Å². The Morgan fingerprint density at radius 1 is 0.886 bits per heavy atom. The van der Waals surface area contributed by atoms with E-state index in [1.54, 1.807) is 0 Å². The zero-order valence-corrected chi connectivity index (χ0v) is 21.6. The van der Waals surface area contributed by atoms with Crippen molar-refractivity contribution in [1.82, 2.24) is 13.9 Å². The molecule has 1 fully saturated rings. The van der Waals surface area contributed by atoms with Crippen LogP contribution in [0.4, 0.5) is 5.69 Å². The Kier molecular flexibility index (Phi) is 8.38. The Balaban J connectivity index is 1.65.